The Kier molecular flexibility index (Phi) is 5.71. The van der Waals surface area contributed by atoms with Crippen LogP contribution in [0.25, 0.3) is 0 Å². The molecule has 0 aliphatic carbocycles. The number of anilines is 1. The average Bonchev–Trinajstić information content (AvgIpc) is 3.39. The molecule has 2 aliphatic rings. The first-order valence-corrected chi connectivity index (χ1v) is 10.9. The van der Waals surface area contributed by atoms with Crippen LogP contribution in [0.5, 0.6) is 11.5 Å². The third-order valence-electron chi connectivity index (χ3n) is 5.04. The lowest BCUT2D eigenvalue weighted by Gasteiger charge is -2.13. The molecule has 1 N–H and O–H groups in total. The van der Waals surface area contributed by atoms with Gasteiger partial charge in [-0.05, 0) is 32.4 Å². The largest absolute Gasteiger partial charge is 0.494 e. The quantitative estimate of drug-likeness (QED) is 0.752. The van der Waals surface area contributed by atoms with Crippen LogP contribution in [0.4, 0.5) is 5.13 Å². The zero-order chi connectivity index (χ0) is 20.4. The highest BCUT2D eigenvalue weighted by molar-refractivity contribution is 7.14. The van der Waals surface area contributed by atoms with Crippen molar-refractivity contribution in [2.45, 2.75) is 52.2 Å². The van der Waals surface area contributed by atoms with E-state index in [1.54, 1.807) is 4.90 Å². The second-order valence-corrected chi connectivity index (χ2v) is 8.19. The first-order valence-electron chi connectivity index (χ1n) is 10.00. The monoisotopic (exact) mass is 415 g/mol. The third kappa shape index (κ3) is 4.37. The van der Waals surface area contributed by atoms with Crippen molar-refractivity contribution in [2.75, 3.05) is 18.1 Å². The summed E-state index contributed by atoms with van der Waals surface area (Å²) in [7, 11) is 0. The number of fused-ring (bicyclic) bond motifs is 1. The number of rotatable bonds is 7. The standard InChI is InChI=1S/C21H25N3O4S/c1-3-27-17-8-14-7-13(2)28-18(14)9-15(17)11-22-19(25)10-16-12-29-21(23-16)24-6-4-5-20(24)26/h8-9,12-13H,3-7,10-11H2,1-2H3,(H,22,25)/t13-/m1/s1. The van der Waals surface area contributed by atoms with E-state index in [4.69, 9.17) is 9.47 Å². The van der Waals surface area contributed by atoms with Crippen molar-refractivity contribution in [3.8, 4) is 11.5 Å². The molecule has 0 bridgehead atoms. The molecule has 154 valence electrons. The van der Waals surface area contributed by atoms with Gasteiger partial charge >= 0.3 is 0 Å². The number of thiazole rings is 1. The topological polar surface area (TPSA) is 80.8 Å². The van der Waals surface area contributed by atoms with E-state index < -0.39 is 0 Å². The molecule has 2 aliphatic heterocycles. The minimum Gasteiger partial charge on any atom is -0.494 e. The van der Waals surface area contributed by atoms with Gasteiger partial charge in [-0.3, -0.25) is 14.5 Å². The van der Waals surface area contributed by atoms with Crippen LogP contribution in [-0.4, -0.2) is 36.1 Å². The highest BCUT2D eigenvalue weighted by atomic mass is 32.1. The Hall–Kier alpha value is -2.61. The summed E-state index contributed by atoms with van der Waals surface area (Å²) in [6, 6.07) is 3.98. The molecule has 8 heteroatoms. The number of carbonyl (C=O) groups excluding carboxylic acids is 2. The van der Waals surface area contributed by atoms with Crippen LogP contribution in [0.1, 0.15) is 43.5 Å². The van der Waals surface area contributed by atoms with Gasteiger partial charge in [0.15, 0.2) is 5.13 Å². The van der Waals surface area contributed by atoms with Crippen molar-refractivity contribution in [3.63, 3.8) is 0 Å². The van der Waals surface area contributed by atoms with Gasteiger partial charge in [0.2, 0.25) is 11.8 Å². The Morgan fingerprint density at radius 3 is 3.07 bits per heavy atom. The van der Waals surface area contributed by atoms with Gasteiger partial charge in [-0.25, -0.2) is 4.98 Å². The summed E-state index contributed by atoms with van der Waals surface area (Å²) < 4.78 is 11.6. The van der Waals surface area contributed by atoms with Crippen molar-refractivity contribution < 1.29 is 19.1 Å². The van der Waals surface area contributed by atoms with E-state index in [0.717, 1.165) is 35.5 Å². The normalized spacial score (nSPS) is 17.9. The second kappa shape index (κ2) is 8.41. The molecule has 1 aromatic carbocycles. The van der Waals surface area contributed by atoms with Gasteiger partial charge in [-0.1, -0.05) is 0 Å². The molecule has 7 nitrogen and oxygen atoms in total. The minimum absolute atomic E-state index is 0.104. The zero-order valence-corrected chi connectivity index (χ0v) is 17.5. The minimum atomic E-state index is -0.119. The van der Waals surface area contributed by atoms with E-state index in [2.05, 4.69) is 10.3 Å². The Morgan fingerprint density at radius 1 is 1.45 bits per heavy atom. The van der Waals surface area contributed by atoms with E-state index in [1.165, 1.54) is 11.3 Å². The number of nitrogens with zero attached hydrogens (tertiary/aromatic N) is 2. The summed E-state index contributed by atoms with van der Waals surface area (Å²) in [4.78, 5) is 30.4. The van der Waals surface area contributed by atoms with Crippen LogP contribution >= 0.6 is 11.3 Å². The lowest BCUT2D eigenvalue weighted by atomic mass is 10.1. The van der Waals surface area contributed by atoms with E-state index in [9.17, 15) is 9.59 Å². The summed E-state index contributed by atoms with van der Waals surface area (Å²) in [6.45, 7) is 5.62. The molecule has 0 unspecified atom stereocenters. The van der Waals surface area contributed by atoms with Crippen LogP contribution in [0.3, 0.4) is 0 Å². The molecular weight excluding hydrogens is 390 g/mol. The van der Waals surface area contributed by atoms with E-state index >= 15 is 0 Å². The molecule has 0 spiro atoms. The Morgan fingerprint density at radius 2 is 2.31 bits per heavy atom. The fourth-order valence-corrected chi connectivity index (χ4v) is 4.55. The lowest BCUT2D eigenvalue weighted by molar-refractivity contribution is -0.120. The highest BCUT2D eigenvalue weighted by Crippen LogP contribution is 2.35. The van der Waals surface area contributed by atoms with Crippen molar-refractivity contribution >= 4 is 28.3 Å². The number of carbonyl (C=O) groups is 2. The number of amides is 2. The van der Waals surface area contributed by atoms with E-state index in [-0.39, 0.29) is 24.3 Å². The first-order chi connectivity index (χ1) is 14.0. The second-order valence-electron chi connectivity index (χ2n) is 7.36. The van der Waals surface area contributed by atoms with Crippen LogP contribution < -0.4 is 19.7 Å². The molecule has 1 atom stereocenters. The van der Waals surface area contributed by atoms with Gasteiger partial charge in [-0.15, -0.1) is 11.3 Å². The Labute approximate surface area is 174 Å². The van der Waals surface area contributed by atoms with Gasteiger partial charge in [0.05, 0.1) is 18.7 Å². The molecule has 1 fully saturated rings. The molecule has 1 saturated heterocycles. The van der Waals surface area contributed by atoms with Gasteiger partial charge in [0.25, 0.3) is 0 Å². The number of ether oxygens (including phenoxy) is 2. The fourth-order valence-electron chi connectivity index (χ4n) is 3.68. The molecule has 29 heavy (non-hydrogen) atoms. The number of benzene rings is 1. The van der Waals surface area contributed by atoms with Crippen LogP contribution in [-0.2, 0) is 29.0 Å². The molecule has 4 rings (SSSR count). The van der Waals surface area contributed by atoms with Gasteiger partial charge in [-0.2, -0.15) is 0 Å². The summed E-state index contributed by atoms with van der Waals surface area (Å²) >= 11 is 1.41. The lowest BCUT2D eigenvalue weighted by Crippen LogP contribution is -2.25. The summed E-state index contributed by atoms with van der Waals surface area (Å²) in [5.74, 6) is 1.64. The summed E-state index contributed by atoms with van der Waals surface area (Å²) in [6.07, 6.45) is 2.64. The number of nitrogens with one attached hydrogen (secondary N) is 1. The Bertz CT molecular complexity index is 927. The predicted molar refractivity (Wildman–Crippen MR) is 111 cm³/mol. The molecule has 2 aromatic rings. The van der Waals surface area contributed by atoms with Gasteiger partial charge in [0, 0.05) is 42.4 Å². The van der Waals surface area contributed by atoms with Crippen molar-refractivity contribution in [1.82, 2.24) is 10.3 Å². The van der Waals surface area contributed by atoms with Crippen molar-refractivity contribution in [3.05, 3.63) is 34.3 Å². The van der Waals surface area contributed by atoms with Crippen molar-refractivity contribution in [1.29, 1.82) is 0 Å². The molecule has 0 radical (unpaired) electrons. The summed E-state index contributed by atoms with van der Waals surface area (Å²) in [5, 5.41) is 5.47. The Balaban J connectivity index is 1.38. The van der Waals surface area contributed by atoms with Crippen LogP contribution in [0.15, 0.2) is 17.5 Å². The number of aromatic nitrogens is 1. The smallest absolute Gasteiger partial charge is 0.228 e. The average molecular weight is 416 g/mol. The molecule has 2 amide bonds. The SMILES string of the molecule is CCOc1cc2c(cc1CNC(=O)Cc1csc(N3CCCC3=O)n1)O[C@H](C)C2. The van der Waals surface area contributed by atoms with E-state index in [0.29, 0.717) is 36.9 Å². The van der Waals surface area contributed by atoms with Crippen LogP contribution in [0, 0.1) is 0 Å². The fraction of sp³-hybridized carbons (Fsp3) is 0.476. The van der Waals surface area contributed by atoms with Gasteiger partial charge < -0.3 is 14.8 Å². The maximum absolute atomic E-state index is 12.4. The van der Waals surface area contributed by atoms with Gasteiger partial charge in [0.1, 0.15) is 17.6 Å². The van der Waals surface area contributed by atoms with E-state index in [1.807, 2.05) is 31.4 Å². The molecule has 0 saturated carbocycles. The predicted octanol–water partition coefficient (Wildman–Crippen LogP) is 2.85. The first kappa shape index (κ1) is 19.7. The molecular formula is C21H25N3O4S. The zero-order valence-electron chi connectivity index (χ0n) is 16.7. The highest BCUT2D eigenvalue weighted by Gasteiger charge is 2.25. The van der Waals surface area contributed by atoms with Crippen molar-refractivity contribution in [2.24, 2.45) is 0 Å². The summed E-state index contributed by atoms with van der Waals surface area (Å²) in [5.41, 5.74) is 2.72. The number of hydrogen-bond acceptors (Lipinski definition) is 6. The molecule has 1 aromatic heterocycles. The third-order valence-corrected chi connectivity index (χ3v) is 5.95. The maximum Gasteiger partial charge on any atom is 0.228 e. The maximum atomic E-state index is 12.4. The number of hydrogen-bond donors (Lipinski definition) is 1. The van der Waals surface area contributed by atoms with Crippen LogP contribution in [0.2, 0.25) is 0 Å². The molecule has 3 heterocycles.